The highest BCUT2D eigenvalue weighted by Crippen LogP contribution is 2.18. The molecule has 0 saturated carbocycles. The van der Waals surface area contributed by atoms with Crippen LogP contribution in [0.5, 0.6) is 0 Å². The molecule has 0 bridgehead atoms. The number of carbonyl (C=O) groups is 6. The number of imide groups is 2. The molecule has 0 atom stereocenters. The predicted octanol–water partition coefficient (Wildman–Crippen LogP) is 2.58. The van der Waals surface area contributed by atoms with Crippen molar-refractivity contribution in [3.8, 4) is 0 Å². The van der Waals surface area contributed by atoms with Gasteiger partial charge < -0.3 is 23.7 Å². The molecule has 2 heterocycles. The van der Waals surface area contributed by atoms with Crippen LogP contribution in [0.4, 0.5) is 0 Å². The molecule has 0 unspecified atom stereocenters. The van der Waals surface area contributed by atoms with E-state index in [2.05, 4.69) is 5.32 Å². The topological polar surface area (TPSA) is 169 Å². The van der Waals surface area contributed by atoms with E-state index in [9.17, 15) is 28.8 Å². The van der Waals surface area contributed by atoms with Crippen molar-refractivity contribution in [3.63, 3.8) is 0 Å². The van der Waals surface area contributed by atoms with E-state index in [0.717, 1.165) is 19.3 Å². The van der Waals surface area contributed by atoms with E-state index >= 15 is 0 Å². The van der Waals surface area contributed by atoms with E-state index in [1.54, 1.807) is 0 Å². The molecule has 2 N–H and O–H groups in total. The van der Waals surface area contributed by atoms with Crippen LogP contribution >= 0.6 is 0 Å². The van der Waals surface area contributed by atoms with Gasteiger partial charge in [0.05, 0.1) is 0 Å². The fourth-order valence-corrected chi connectivity index (χ4v) is 6.99. The van der Waals surface area contributed by atoms with Crippen LogP contribution in [0.2, 0.25) is 6.04 Å². The highest BCUT2D eigenvalue weighted by molar-refractivity contribution is 6.60. The highest BCUT2D eigenvalue weighted by atomic mass is 28.4. The van der Waals surface area contributed by atoms with Gasteiger partial charge in [0.15, 0.2) is 0 Å². The molecule has 43 heavy (non-hydrogen) atoms. The summed E-state index contributed by atoms with van der Waals surface area (Å²) in [5.41, 5.74) is 0. The summed E-state index contributed by atoms with van der Waals surface area (Å²) in [5, 5.41) is 11.3. The number of amides is 5. The summed E-state index contributed by atoms with van der Waals surface area (Å²) in [7, 11) is -2.64. The van der Waals surface area contributed by atoms with Crippen molar-refractivity contribution in [1.82, 2.24) is 15.1 Å². The molecule has 0 aromatic carbocycles. The second-order valence-electron chi connectivity index (χ2n) is 9.77. The van der Waals surface area contributed by atoms with Crippen LogP contribution < -0.4 is 5.32 Å². The third-order valence-corrected chi connectivity index (χ3v) is 9.59. The van der Waals surface area contributed by atoms with Gasteiger partial charge in [-0.1, -0.05) is 12.8 Å². The minimum atomic E-state index is -2.64. The third-order valence-electron chi connectivity index (χ3n) is 6.43. The summed E-state index contributed by atoms with van der Waals surface area (Å²) in [5.74, 6) is -1.88. The van der Waals surface area contributed by atoms with Gasteiger partial charge in [-0.05, 0) is 52.9 Å². The van der Waals surface area contributed by atoms with Gasteiger partial charge in [-0.2, -0.15) is 0 Å². The number of carbonyl (C=O) groups excluding carboxylic acids is 5. The zero-order valence-electron chi connectivity index (χ0n) is 25.6. The number of hydrogen-bond donors (Lipinski definition) is 2. The number of rotatable bonds is 22. The Morgan fingerprint density at radius 1 is 0.674 bits per heavy atom. The van der Waals surface area contributed by atoms with Crippen molar-refractivity contribution in [2.45, 2.75) is 84.6 Å². The van der Waals surface area contributed by atoms with Gasteiger partial charge in [-0.25, -0.2) is 0 Å². The Bertz CT molecular complexity index is 948. The number of carboxylic acid groups (broad SMARTS) is 1. The van der Waals surface area contributed by atoms with Crippen LogP contribution in [0, 0.1) is 0 Å². The Morgan fingerprint density at radius 2 is 1.09 bits per heavy atom. The highest BCUT2D eigenvalue weighted by Gasteiger charge is 2.39. The molecule has 0 aliphatic carbocycles. The van der Waals surface area contributed by atoms with Crippen LogP contribution in [0.15, 0.2) is 24.3 Å². The van der Waals surface area contributed by atoms with Gasteiger partial charge in [0, 0.05) is 82.6 Å². The van der Waals surface area contributed by atoms with Gasteiger partial charge in [-0.3, -0.25) is 38.6 Å². The Labute approximate surface area is 254 Å². The molecule has 0 aromatic heterocycles. The fraction of sp³-hybridized carbons (Fsp3) is 0.655. The van der Waals surface area contributed by atoms with E-state index in [-0.39, 0.29) is 36.0 Å². The van der Waals surface area contributed by atoms with E-state index < -0.39 is 14.8 Å². The molecule has 0 aromatic rings. The van der Waals surface area contributed by atoms with Crippen LogP contribution in [-0.4, -0.2) is 98.7 Å². The third kappa shape index (κ3) is 15.2. The second-order valence-corrected chi connectivity index (χ2v) is 12.5. The maximum absolute atomic E-state index is 11.9. The molecule has 0 spiro atoms. The van der Waals surface area contributed by atoms with Crippen molar-refractivity contribution in [3.05, 3.63) is 24.3 Å². The lowest BCUT2D eigenvalue weighted by Crippen LogP contribution is -2.46. The molecule has 14 heteroatoms. The molecule has 5 amide bonds. The van der Waals surface area contributed by atoms with E-state index in [4.69, 9.17) is 18.4 Å². The van der Waals surface area contributed by atoms with E-state index in [1.807, 2.05) is 20.8 Å². The number of hydrogen-bond acceptors (Lipinski definition) is 9. The van der Waals surface area contributed by atoms with Crippen LogP contribution in [0.25, 0.3) is 0 Å². The zero-order valence-corrected chi connectivity index (χ0v) is 26.6. The van der Waals surface area contributed by atoms with Crippen molar-refractivity contribution in [1.29, 1.82) is 0 Å². The van der Waals surface area contributed by atoms with Gasteiger partial charge in [-0.15, -0.1) is 0 Å². The molecule has 13 nitrogen and oxygen atoms in total. The number of aliphatic carboxylic acids is 1. The first-order chi connectivity index (χ1) is 20.6. The molecule has 0 saturated heterocycles. The number of carboxylic acids is 1. The first kappa shape index (κ1) is 37.8. The quantitative estimate of drug-likeness (QED) is 0.104. The van der Waals surface area contributed by atoms with Crippen LogP contribution in [-0.2, 0) is 42.0 Å². The lowest BCUT2D eigenvalue weighted by molar-refractivity contribution is -0.138. The van der Waals surface area contributed by atoms with Gasteiger partial charge in [0.25, 0.3) is 23.6 Å². The van der Waals surface area contributed by atoms with Gasteiger partial charge >= 0.3 is 14.8 Å². The molecular weight excluding hydrogens is 578 g/mol. The van der Waals surface area contributed by atoms with Crippen LogP contribution in [0.1, 0.15) is 78.6 Å². The standard InChI is InChI=1S/C19H34N2O6Si.C10H13NO4/c1-4-25-28(26-5-2,27-6-3)16-10-14-20-17(22)11-8-7-9-15-21-18(23)12-13-19(21)24;12-8-5-6-9(13)11(8)7-3-1-2-4-10(14)15/h12-13H,4-11,14-16H2,1-3H3,(H,20,22);5-6H,1-4,7H2,(H,14,15). The smallest absolute Gasteiger partial charge is 0.481 e. The molecular formula is C29H47N3O10Si. The SMILES string of the molecule is CCO[Si](CCCNC(=O)CCCCCN1C(=O)C=CC1=O)(OCC)OCC.O=C(O)CCCCCN1C(=O)C=CC1=O. The van der Waals surface area contributed by atoms with Crippen molar-refractivity contribution in [2.24, 2.45) is 0 Å². The second kappa shape index (κ2) is 21.5. The van der Waals surface area contributed by atoms with Crippen molar-refractivity contribution < 1.29 is 47.2 Å². The van der Waals surface area contributed by atoms with E-state index in [1.165, 1.54) is 34.1 Å². The Kier molecular flexibility index (Phi) is 18.9. The normalized spacial score (nSPS) is 14.5. The average molecular weight is 626 g/mol. The summed E-state index contributed by atoms with van der Waals surface area (Å²) in [6.07, 6.45) is 10.6. The van der Waals surface area contributed by atoms with Crippen molar-refractivity contribution >= 4 is 44.3 Å². The lowest BCUT2D eigenvalue weighted by Gasteiger charge is -2.28. The van der Waals surface area contributed by atoms with Gasteiger partial charge in [0.2, 0.25) is 5.91 Å². The Morgan fingerprint density at radius 3 is 1.49 bits per heavy atom. The largest absolute Gasteiger partial charge is 0.500 e. The maximum Gasteiger partial charge on any atom is 0.500 e. The summed E-state index contributed by atoms with van der Waals surface area (Å²) in [6, 6.07) is 0.675. The molecule has 2 aliphatic rings. The lowest BCUT2D eigenvalue weighted by atomic mass is 10.2. The first-order valence-electron chi connectivity index (χ1n) is 15.1. The summed E-state index contributed by atoms with van der Waals surface area (Å²) in [4.78, 5) is 69.6. The predicted molar refractivity (Wildman–Crippen MR) is 159 cm³/mol. The first-order valence-corrected chi connectivity index (χ1v) is 17.0. The summed E-state index contributed by atoms with van der Waals surface area (Å²) < 4.78 is 17.4. The molecule has 0 radical (unpaired) electrons. The summed E-state index contributed by atoms with van der Waals surface area (Å²) in [6.45, 7) is 8.75. The summed E-state index contributed by atoms with van der Waals surface area (Å²) >= 11 is 0. The molecule has 2 aliphatic heterocycles. The Balaban J connectivity index is 0.000000517. The number of nitrogens with zero attached hydrogens (tertiary/aromatic N) is 2. The minimum absolute atomic E-state index is 0.00601. The van der Waals surface area contributed by atoms with Crippen molar-refractivity contribution in [2.75, 3.05) is 39.5 Å². The Hall–Kier alpha value is -3.20. The van der Waals surface area contributed by atoms with Crippen LogP contribution in [0.3, 0.4) is 0 Å². The monoisotopic (exact) mass is 625 g/mol. The molecule has 242 valence electrons. The number of unbranched alkanes of at least 4 members (excludes halogenated alkanes) is 4. The minimum Gasteiger partial charge on any atom is -0.481 e. The van der Waals surface area contributed by atoms with E-state index in [0.29, 0.717) is 77.6 Å². The number of nitrogens with one attached hydrogen (secondary N) is 1. The molecule has 2 rings (SSSR count). The zero-order chi connectivity index (χ0) is 32.1. The van der Waals surface area contributed by atoms with Gasteiger partial charge in [0.1, 0.15) is 0 Å². The maximum atomic E-state index is 11.9. The average Bonchev–Trinajstić information content (AvgIpc) is 3.45. The molecule has 0 fully saturated rings. The fourth-order valence-electron chi connectivity index (χ4n) is 4.38.